The van der Waals surface area contributed by atoms with Crippen molar-refractivity contribution in [3.8, 4) is 0 Å². The number of phosphoric acid groups is 1. The average molecular weight is 974 g/mol. The summed E-state index contributed by atoms with van der Waals surface area (Å²) in [5, 5.41) is 74.7. The molecular weight excluding hydrogens is 874 g/mol. The van der Waals surface area contributed by atoms with Crippen LogP contribution in [0.25, 0.3) is 0 Å². The standard InChI is InChI=1S/C53H100NO12P/c1-3-5-7-9-11-13-15-17-19-21-22-23-24-25-27-29-31-33-35-37-39-41-46(56)45(43-65-67(63,64)66-53-51(61)49(59)48(58)50(60)52(53)62)54-47(57)42-44(55)40-38-36-34-32-30-28-26-20-18-16-14-12-10-8-6-4-2/h24-25,31,33,39,41,44-46,48-53,55-56,58-62H,3-23,26-30,32,34-38,40,42-43H2,1-2H3,(H,54,57)(H,63,64)/b25-24+,33-31+,41-39+. The number of aliphatic hydroxyl groups excluding tert-OH is 7. The highest BCUT2D eigenvalue weighted by Crippen LogP contribution is 2.47. The van der Waals surface area contributed by atoms with E-state index in [1.54, 1.807) is 6.08 Å². The monoisotopic (exact) mass is 974 g/mol. The zero-order chi connectivity index (χ0) is 49.4. The number of rotatable bonds is 45. The van der Waals surface area contributed by atoms with E-state index in [1.165, 1.54) is 154 Å². The van der Waals surface area contributed by atoms with Gasteiger partial charge in [0, 0.05) is 0 Å². The number of carbonyl (C=O) groups is 1. The lowest BCUT2D eigenvalue weighted by Gasteiger charge is -2.41. The predicted molar refractivity (Wildman–Crippen MR) is 270 cm³/mol. The quantitative estimate of drug-likeness (QED) is 0.0158. The minimum absolute atomic E-state index is 0.253. The van der Waals surface area contributed by atoms with Gasteiger partial charge in [0.05, 0.1) is 31.3 Å². The molecule has 0 aromatic heterocycles. The predicted octanol–water partition coefficient (Wildman–Crippen LogP) is 10.5. The van der Waals surface area contributed by atoms with Crippen LogP contribution in [0.3, 0.4) is 0 Å². The maximum atomic E-state index is 13.1. The number of hydrogen-bond acceptors (Lipinski definition) is 11. The lowest BCUT2D eigenvalue weighted by molar-refractivity contribution is -0.220. The summed E-state index contributed by atoms with van der Waals surface area (Å²) in [4.78, 5) is 23.5. The van der Waals surface area contributed by atoms with E-state index in [2.05, 4.69) is 43.5 Å². The third-order valence-corrected chi connectivity index (χ3v) is 13.9. The number of aliphatic hydroxyl groups is 7. The third-order valence-electron chi connectivity index (χ3n) is 13.0. The molecule has 14 heteroatoms. The van der Waals surface area contributed by atoms with Gasteiger partial charge >= 0.3 is 7.82 Å². The van der Waals surface area contributed by atoms with Gasteiger partial charge in [0.15, 0.2) is 0 Å². The van der Waals surface area contributed by atoms with Crippen LogP contribution in [0.1, 0.15) is 232 Å². The van der Waals surface area contributed by atoms with E-state index in [9.17, 15) is 50.0 Å². The molecule has 1 saturated carbocycles. The highest BCUT2D eigenvalue weighted by Gasteiger charge is 2.51. The molecule has 0 aliphatic heterocycles. The Bertz CT molecular complexity index is 1290. The van der Waals surface area contributed by atoms with E-state index in [1.807, 2.05) is 0 Å². The first-order valence-electron chi connectivity index (χ1n) is 27.0. The van der Waals surface area contributed by atoms with Crippen molar-refractivity contribution in [2.24, 2.45) is 0 Å². The van der Waals surface area contributed by atoms with E-state index in [4.69, 9.17) is 9.05 Å². The SMILES string of the molecule is CCCCCCCCCCCCC/C=C/CC/C=C/CC/C=C/C(O)C(COP(=O)(O)OC1C(O)C(O)C(O)C(O)C1O)NC(=O)CC(O)CCCCCCCCCCCCCCCCCC. The Morgan fingerprint density at radius 2 is 0.881 bits per heavy atom. The lowest BCUT2D eigenvalue weighted by atomic mass is 9.85. The number of allylic oxidation sites excluding steroid dienone is 5. The first-order valence-corrected chi connectivity index (χ1v) is 28.5. The molecule has 13 nitrogen and oxygen atoms in total. The van der Waals surface area contributed by atoms with Gasteiger partial charge in [-0.05, 0) is 44.9 Å². The Morgan fingerprint density at radius 1 is 0.522 bits per heavy atom. The van der Waals surface area contributed by atoms with E-state index >= 15 is 0 Å². The van der Waals surface area contributed by atoms with E-state index < -0.39 is 75.2 Å². The summed E-state index contributed by atoms with van der Waals surface area (Å²) >= 11 is 0. The molecule has 0 heterocycles. The normalized spacial score (nSPS) is 22.5. The molecule has 8 unspecified atom stereocenters. The van der Waals surface area contributed by atoms with Crippen LogP contribution in [0.2, 0.25) is 0 Å². The van der Waals surface area contributed by atoms with Gasteiger partial charge in [0.1, 0.15) is 36.6 Å². The van der Waals surface area contributed by atoms with Crippen molar-refractivity contribution >= 4 is 13.7 Å². The second kappa shape index (κ2) is 42.2. The number of hydrogen-bond donors (Lipinski definition) is 9. The van der Waals surface area contributed by atoms with Crippen LogP contribution in [-0.2, 0) is 18.4 Å². The summed E-state index contributed by atoms with van der Waals surface area (Å²) < 4.78 is 22.9. The molecule has 9 N–H and O–H groups in total. The number of nitrogens with one attached hydrogen (secondary N) is 1. The van der Waals surface area contributed by atoms with Crippen molar-refractivity contribution in [3.63, 3.8) is 0 Å². The molecule has 0 radical (unpaired) electrons. The number of unbranched alkanes of at least 4 members (excludes halogenated alkanes) is 28. The topological polar surface area (TPSA) is 226 Å². The molecule has 0 spiro atoms. The van der Waals surface area contributed by atoms with Crippen molar-refractivity contribution in [2.75, 3.05) is 6.61 Å². The van der Waals surface area contributed by atoms with E-state index in [0.717, 1.165) is 44.9 Å². The second-order valence-corrected chi connectivity index (χ2v) is 20.7. The zero-order valence-corrected chi connectivity index (χ0v) is 43.0. The summed E-state index contributed by atoms with van der Waals surface area (Å²) in [5.41, 5.74) is 0. The molecule has 394 valence electrons. The summed E-state index contributed by atoms with van der Waals surface area (Å²) in [6, 6.07) is -1.26. The fourth-order valence-electron chi connectivity index (χ4n) is 8.57. The molecule has 1 rings (SSSR count). The molecule has 1 aliphatic carbocycles. The summed E-state index contributed by atoms with van der Waals surface area (Å²) in [6.07, 6.45) is 36.6. The number of amides is 1. The molecule has 1 aliphatic rings. The zero-order valence-electron chi connectivity index (χ0n) is 42.1. The largest absolute Gasteiger partial charge is 0.472 e. The van der Waals surface area contributed by atoms with E-state index in [0.29, 0.717) is 19.3 Å². The molecule has 8 atom stereocenters. The van der Waals surface area contributed by atoms with Gasteiger partial charge in [-0.2, -0.15) is 0 Å². The molecule has 0 aromatic carbocycles. The molecule has 1 amide bonds. The molecule has 0 aromatic rings. The number of phosphoric ester groups is 1. The summed E-state index contributed by atoms with van der Waals surface area (Å²) in [5.74, 6) is -0.604. The maximum Gasteiger partial charge on any atom is 0.472 e. The van der Waals surface area contributed by atoms with Crippen LogP contribution in [0.4, 0.5) is 0 Å². The Morgan fingerprint density at radius 3 is 1.31 bits per heavy atom. The Labute approximate surface area is 406 Å². The van der Waals surface area contributed by atoms with Crippen LogP contribution in [0.5, 0.6) is 0 Å². The van der Waals surface area contributed by atoms with Crippen LogP contribution >= 0.6 is 7.82 Å². The Hall–Kier alpha value is -1.48. The fraction of sp³-hybridized carbons (Fsp3) is 0.868. The van der Waals surface area contributed by atoms with Gasteiger partial charge in [0.2, 0.25) is 5.91 Å². The van der Waals surface area contributed by atoms with Crippen LogP contribution in [-0.4, -0.2) is 108 Å². The smallest absolute Gasteiger partial charge is 0.393 e. The van der Waals surface area contributed by atoms with Crippen molar-refractivity contribution in [3.05, 3.63) is 36.5 Å². The minimum Gasteiger partial charge on any atom is -0.393 e. The van der Waals surface area contributed by atoms with Crippen LogP contribution < -0.4 is 5.32 Å². The third kappa shape index (κ3) is 33.7. The van der Waals surface area contributed by atoms with Crippen molar-refractivity contribution in [1.29, 1.82) is 0 Å². The average Bonchev–Trinajstić information content (AvgIpc) is 3.30. The fourth-order valence-corrected chi connectivity index (χ4v) is 9.54. The van der Waals surface area contributed by atoms with Gasteiger partial charge in [-0.3, -0.25) is 13.8 Å². The van der Waals surface area contributed by atoms with Gasteiger partial charge in [0.25, 0.3) is 0 Å². The van der Waals surface area contributed by atoms with E-state index in [-0.39, 0.29) is 6.42 Å². The van der Waals surface area contributed by atoms with Crippen molar-refractivity contribution < 1.29 is 59.0 Å². The molecule has 67 heavy (non-hydrogen) atoms. The van der Waals surface area contributed by atoms with Crippen molar-refractivity contribution in [2.45, 2.75) is 287 Å². The second-order valence-electron chi connectivity index (χ2n) is 19.3. The van der Waals surface area contributed by atoms with Crippen LogP contribution in [0, 0.1) is 0 Å². The first kappa shape index (κ1) is 63.5. The van der Waals surface area contributed by atoms with Gasteiger partial charge in [-0.1, -0.05) is 217 Å². The number of carbonyl (C=O) groups excluding carboxylic acids is 1. The summed E-state index contributed by atoms with van der Waals surface area (Å²) in [6.45, 7) is 3.76. The van der Waals surface area contributed by atoms with Gasteiger partial charge in [-0.25, -0.2) is 4.57 Å². The minimum atomic E-state index is -5.16. The van der Waals surface area contributed by atoms with Gasteiger partial charge < -0.3 is 46.0 Å². The molecular formula is C53H100NO12P. The highest BCUT2D eigenvalue weighted by atomic mass is 31.2. The molecule has 0 bridgehead atoms. The van der Waals surface area contributed by atoms with Crippen molar-refractivity contribution in [1.82, 2.24) is 5.32 Å². The summed E-state index contributed by atoms with van der Waals surface area (Å²) in [7, 11) is -5.16. The first-order chi connectivity index (χ1) is 32.3. The lowest BCUT2D eigenvalue weighted by Crippen LogP contribution is -2.64. The Kier molecular flexibility index (Phi) is 40.0. The Balaban J connectivity index is 2.50. The van der Waals surface area contributed by atoms with Gasteiger partial charge in [-0.15, -0.1) is 0 Å². The highest BCUT2D eigenvalue weighted by molar-refractivity contribution is 7.47. The maximum absolute atomic E-state index is 13.1. The molecule has 1 fully saturated rings. The van der Waals surface area contributed by atoms with Crippen LogP contribution in [0.15, 0.2) is 36.5 Å². The molecule has 0 saturated heterocycles.